The average molecular weight is 435 g/mol. The lowest BCUT2D eigenvalue weighted by Crippen LogP contribution is -2.27. The Morgan fingerprint density at radius 3 is 2.55 bits per heavy atom. The van der Waals surface area contributed by atoms with E-state index in [0.717, 1.165) is 5.56 Å². The summed E-state index contributed by atoms with van der Waals surface area (Å²) in [7, 11) is 0. The van der Waals surface area contributed by atoms with E-state index in [0.29, 0.717) is 24.7 Å². The third kappa shape index (κ3) is 3.16. The predicted octanol–water partition coefficient (Wildman–Crippen LogP) is 4.30. The molecule has 0 unspecified atom stereocenters. The highest BCUT2D eigenvalue weighted by molar-refractivity contribution is 9.11. The monoisotopic (exact) mass is 433 g/mol. The molecule has 0 aliphatic carbocycles. The average Bonchev–Trinajstić information content (AvgIpc) is 2.64. The lowest BCUT2D eigenvalue weighted by Gasteiger charge is -2.10. The molecule has 20 heavy (non-hydrogen) atoms. The number of carbonyl (C=O) groups excluding carboxylic acids is 1. The summed E-state index contributed by atoms with van der Waals surface area (Å²) in [5, 5.41) is 9.67. The largest absolute Gasteiger partial charge is 0.506 e. The van der Waals surface area contributed by atoms with E-state index in [9.17, 15) is 9.90 Å². The van der Waals surface area contributed by atoms with Gasteiger partial charge < -0.3 is 5.11 Å². The van der Waals surface area contributed by atoms with Crippen LogP contribution in [0.15, 0.2) is 38.6 Å². The lowest BCUT2D eigenvalue weighted by atomic mass is 10.2. The van der Waals surface area contributed by atoms with Crippen LogP contribution in [0.5, 0.6) is 5.75 Å². The first-order valence-electron chi connectivity index (χ1n) is 5.48. The third-order valence-electron chi connectivity index (χ3n) is 2.52. The molecule has 1 heterocycles. The number of phenolic OH excluding ortho intramolecular Hbond substituents is 1. The molecule has 1 amide bonds. The van der Waals surface area contributed by atoms with E-state index in [-0.39, 0.29) is 11.7 Å². The second kappa shape index (κ2) is 6.43. The maximum Gasteiger partial charge on any atom is 0.266 e. The molecule has 0 saturated carbocycles. The molecule has 104 valence electrons. The molecule has 1 fully saturated rings. The van der Waals surface area contributed by atoms with E-state index in [2.05, 4.69) is 38.4 Å². The van der Waals surface area contributed by atoms with Gasteiger partial charge in [0.05, 0.1) is 13.9 Å². The summed E-state index contributed by atoms with van der Waals surface area (Å²) >= 11 is 12.9. The summed E-state index contributed by atoms with van der Waals surface area (Å²) in [6.45, 7) is 4.02. The molecule has 1 saturated heterocycles. The van der Waals surface area contributed by atoms with Crippen molar-refractivity contribution < 1.29 is 9.90 Å². The molecule has 1 N–H and O–H groups in total. The fourth-order valence-corrected chi connectivity index (χ4v) is 4.10. The molecule has 1 aliphatic rings. The molecule has 0 atom stereocenters. The van der Waals surface area contributed by atoms with Crippen LogP contribution in [0, 0.1) is 0 Å². The van der Waals surface area contributed by atoms with Gasteiger partial charge in [0.25, 0.3) is 5.91 Å². The Morgan fingerprint density at radius 1 is 1.40 bits per heavy atom. The molecule has 1 aliphatic heterocycles. The van der Waals surface area contributed by atoms with Crippen LogP contribution in [0.1, 0.15) is 5.56 Å². The zero-order chi connectivity index (χ0) is 14.9. The van der Waals surface area contributed by atoms with Crippen molar-refractivity contribution in [3.05, 3.63) is 44.2 Å². The van der Waals surface area contributed by atoms with Gasteiger partial charge in [-0.15, -0.1) is 6.58 Å². The van der Waals surface area contributed by atoms with Gasteiger partial charge in [0.1, 0.15) is 10.1 Å². The SMILES string of the molecule is C=CCN1C(=O)/C(=C\c2cc(Br)c(O)c(Br)c2)SC1=S. The number of carbonyl (C=O) groups is 1. The molecule has 3 nitrogen and oxygen atoms in total. The van der Waals surface area contributed by atoms with E-state index in [1.165, 1.54) is 16.7 Å². The van der Waals surface area contributed by atoms with Crippen molar-refractivity contribution in [3.63, 3.8) is 0 Å². The second-order valence-electron chi connectivity index (χ2n) is 3.91. The van der Waals surface area contributed by atoms with Gasteiger partial charge in [-0.3, -0.25) is 9.69 Å². The van der Waals surface area contributed by atoms with Crippen molar-refractivity contribution in [1.82, 2.24) is 4.90 Å². The molecule has 1 aromatic carbocycles. The van der Waals surface area contributed by atoms with Gasteiger partial charge >= 0.3 is 0 Å². The minimum Gasteiger partial charge on any atom is -0.506 e. The van der Waals surface area contributed by atoms with Gasteiger partial charge in [-0.25, -0.2) is 0 Å². The molecule has 0 spiro atoms. The maximum absolute atomic E-state index is 12.2. The van der Waals surface area contributed by atoms with Crippen LogP contribution in [-0.2, 0) is 4.79 Å². The Balaban J connectivity index is 2.35. The summed E-state index contributed by atoms with van der Waals surface area (Å²) in [6, 6.07) is 3.47. The molecule has 0 bridgehead atoms. The maximum atomic E-state index is 12.2. The van der Waals surface area contributed by atoms with E-state index in [4.69, 9.17) is 12.2 Å². The molecule has 2 rings (SSSR count). The van der Waals surface area contributed by atoms with Crippen molar-refractivity contribution in [2.24, 2.45) is 0 Å². The molecule has 0 radical (unpaired) electrons. The molecule has 1 aromatic rings. The Labute approximate surface area is 143 Å². The lowest BCUT2D eigenvalue weighted by molar-refractivity contribution is -0.121. The van der Waals surface area contributed by atoms with Crippen LogP contribution in [-0.4, -0.2) is 26.8 Å². The van der Waals surface area contributed by atoms with E-state index >= 15 is 0 Å². The number of nitrogens with zero attached hydrogens (tertiary/aromatic N) is 1. The van der Waals surface area contributed by atoms with Crippen LogP contribution in [0.25, 0.3) is 6.08 Å². The minimum absolute atomic E-state index is 0.125. The number of aromatic hydroxyl groups is 1. The fraction of sp³-hybridized carbons (Fsp3) is 0.0769. The highest BCUT2D eigenvalue weighted by Crippen LogP contribution is 2.36. The smallest absolute Gasteiger partial charge is 0.266 e. The Hall–Kier alpha value is -0.630. The number of amides is 1. The highest BCUT2D eigenvalue weighted by atomic mass is 79.9. The summed E-state index contributed by atoms with van der Waals surface area (Å²) in [6.07, 6.45) is 3.39. The van der Waals surface area contributed by atoms with Crippen molar-refractivity contribution in [1.29, 1.82) is 0 Å². The minimum atomic E-state index is -0.125. The third-order valence-corrected chi connectivity index (χ3v) is 5.11. The quantitative estimate of drug-likeness (QED) is 0.437. The van der Waals surface area contributed by atoms with Crippen molar-refractivity contribution >= 4 is 72.1 Å². The van der Waals surface area contributed by atoms with Crippen LogP contribution in [0.3, 0.4) is 0 Å². The van der Waals surface area contributed by atoms with E-state index < -0.39 is 0 Å². The molecule has 7 heteroatoms. The van der Waals surface area contributed by atoms with Gasteiger partial charge in [-0.2, -0.15) is 0 Å². The van der Waals surface area contributed by atoms with Crippen LogP contribution < -0.4 is 0 Å². The van der Waals surface area contributed by atoms with Crippen molar-refractivity contribution in [3.8, 4) is 5.75 Å². The van der Waals surface area contributed by atoms with Crippen molar-refractivity contribution in [2.45, 2.75) is 0 Å². The fourth-order valence-electron chi connectivity index (χ4n) is 1.61. The van der Waals surface area contributed by atoms with Gasteiger partial charge in [0.2, 0.25) is 0 Å². The first-order valence-corrected chi connectivity index (χ1v) is 8.29. The standard InChI is InChI=1S/C13H9Br2NO2S2/c1-2-3-16-12(18)10(20-13(16)19)6-7-4-8(14)11(17)9(15)5-7/h2,4-6,17H,1,3H2/b10-6+. The summed E-state index contributed by atoms with van der Waals surface area (Å²) in [5.74, 6) is 0.00146. The molecular weight excluding hydrogens is 426 g/mol. The number of hydrogen-bond acceptors (Lipinski definition) is 4. The van der Waals surface area contributed by atoms with Crippen LogP contribution >= 0.6 is 55.8 Å². The summed E-state index contributed by atoms with van der Waals surface area (Å²) in [4.78, 5) is 14.2. The van der Waals surface area contributed by atoms with Gasteiger partial charge in [-0.05, 0) is 55.6 Å². The topological polar surface area (TPSA) is 40.5 Å². The number of rotatable bonds is 3. The normalized spacial score (nSPS) is 17.1. The first kappa shape index (κ1) is 15.8. The summed E-state index contributed by atoms with van der Waals surface area (Å²) in [5.41, 5.74) is 0.792. The Bertz CT molecular complexity index is 620. The summed E-state index contributed by atoms with van der Waals surface area (Å²) < 4.78 is 1.64. The van der Waals surface area contributed by atoms with Crippen LogP contribution in [0.4, 0.5) is 0 Å². The number of halogens is 2. The number of thiocarbonyl (C=S) groups is 1. The van der Waals surface area contributed by atoms with Crippen LogP contribution in [0.2, 0.25) is 0 Å². The zero-order valence-corrected chi connectivity index (χ0v) is 14.9. The predicted molar refractivity (Wildman–Crippen MR) is 93.6 cm³/mol. The molecule has 0 aromatic heterocycles. The number of phenols is 1. The highest BCUT2D eigenvalue weighted by Gasteiger charge is 2.30. The molecular formula is C13H9Br2NO2S2. The van der Waals surface area contributed by atoms with Gasteiger partial charge in [0, 0.05) is 6.54 Å². The van der Waals surface area contributed by atoms with Gasteiger partial charge in [0.15, 0.2) is 0 Å². The number of benzene rings is 1. The first-order chi connectivity index (χ1) is 9.43. The second-order valence-corrected chi connectivity index (χ2v) is 7.30. The Morgan fingerprint density at radius 2 is 2.00 bits per heavy atom. The number of hydrogen-bond donors (Lipinski definition) is 1. The number of thioether (sulfide) groups is 1. The zero-order valence-electron chi connectivity index (χ0n) is 10.1. The Kier molecular flexibility index (Phi) is 5.06. The van der Waals surface area contributed by atoms with Crippen molar-refractivity contribution in [2.75, 3.05) is 6.54 Å². The van der Waals surface area contributed by atoms with Gasteiger partial charge in [-0.1, -0.05) is 30.1 Å². The van der Waals surface area contributed by atoms with E-state index in [1.807, 2.05) is 0 Å². The van der Waals surface area contributed by atoms with E-state index in [1.54, 1.807) is 24.3 Å².